The largest absolute Gasteiger partial charge is 0.488 e. The van der Waals surface area contributed by atoms with E-state index in [0.29, 0.717) is 0 Å². The predicted octanol–water partition coefficient (Wildman–Crippen LogP) is 1.17. The van der Waals surface area contributed by atoms with Crippen molar-refractivity contribution in [2.24, 2.45) is 0 Å². The third-order valence-electron chi connectivity index (χ3n) is 2.00. The Morgan fingerprint density at radius 1 is 1.36 bits per heavy atom. The molecule has 0 saturated carbocycles. The highest BCUT2D eigenvalue weighted by atomic mass is 35.5. The molecule has 0 unspecified atom stereocenters. The third kappa shape index (κ3) is 3.56. The molecule has 0 aliphatic heterocycles. The fourth-order valence-corrected chi connectivity index (χ4v) is 1.20. The molecule has 1 N–H and O–H groups in total. The van der Waals surface area contributed by atoms with E-state index in [4.69, 9.17) is 16.3 Å². The van der Waals surface area contributed by atoms with E-state index in [1.54, 1.807) is 0 Å². The number of hydrogen-bond acceptors (Lipinski definition) is 1. The summed E-state index contributed by atoms with van der Waals surface area (Å²) in [6.45, 7) is 3.72. The van der Waals surface area contributed by atoms with Gasteiger partial charge in [0.05, 0.1) is 14.1 Å². The molecule has 1 aromatic carbocycles. The molecule has 0 heterocycles. The molecule has 0 aromatic heterocycles. The molecule has 14 heavy (non-hydrogen) atoms. The van der Waals surface area contributed by atoms with E-state index in [0.717, 1.165) is 29.5 Å². The second-order valence-electron chi connectivity index (χ2n) is 3.72. The Bertz CT molecular complexity index is 299. The maximum Gasteiger partial charge on any atom is 0.137 e. The van der Waals surface area contributed by atoms with Crippen LogP contribution in [-0.4, -0.2) is 27.2 Å². The van der Waals surface area contributed by atoms with Crippen molar-refractivity contribution < 1.29 is 9.64 Å². The number of hydrogen-bond donors (Lipinski definition) is 1. The molecule has 3 heteroatoms. The molecular formula is C11H17ClNO+. The summed E-state index contributed by atoms with van der Waals surface area (Å²) in [6.07, 6.45) is 0. The van der Waals surface area contributed by atoms with Gasteiger partial charge in [-0.25, -0.2) is 0 Å². The van der Waals surface area contributed by atoms with Crippen molar-refractivity contribution >= 4 is 11.6 Å². The summed E-state index contributed by atoms with van der Waals surface area (Å²) >= 11 is 5.91. The average Bonchev–Trinajstić information content (AvgIpc) is 2.10. The van der Waals surface area contributed by atoms with Crippen LogP contribution in [0.3, 0.4) is 0 Å². The standard InChI is InChI=1S/C11H16ClNO/c1-9-8-10(4-5-11(9)12)14-7-6-13(2)3/h4-5,8H,6-7H2,1-3H3/p+1. The van der Waals surface area contributed by atoms with Gasteiger partial charge in [0.25, 0.3) is 0 Å². The minimum absolute atomic E-state index is 0.739. The number of quaternary nitrogens is 1. The van der Waals surface area contributed by atoms with Gasteiger partial charge in [-0.3, -0.25) is 0 Å². The van der Waals surface area contributed by atoms with E-state index in [1.165, 1.54) is 4.90 Å². The second-order valence-corrected chi connectivity index (χ2v) is 4.12. The van der Waals surface area contributed by atoms with E-state index in [9.17, 15) is 0 Å². The number of aryl methyl sites for hydroxylation is 1. The Hall–Kier alpha value is -0.730. The van der Waals surface area contributed by atoms with Crippen molar-refractivity contribution in [2.75, 3.05) is 27.2 Å². The van der Waals surface area contributed by atoms with Crippen LogP contribution in [0.1, 0.15) is 5.56 Å². The van der Waals surface area contributed by atoms with Crippen molar-refractivity contribution in [3.63, 3.8) is 0 Å². The van der Waals surface area contributed by atoms with Crippen LogP contribution in [0.2, 0.25) is 5.02 Å². The van der Waals surface area contributed by atoms with Crippen LogP contribution in [0.15, 0.2) is 18.2 Å². The normalized spacial score (nSPS) is 10.6. The van der Waals surface area contributed by atoms with Crippen LogP contribution in [-0.2, 0) is 0 Å². The molecule has 0 bridgehead atoms. The van der Waals surface area contributed by atoms with E-state index in [2.05, 4.69) is 14.1 Å². The summed E-state index contributed by atoms with van der Waals surface area (Å²) in [7, 11) is 4.22. The zero-order valence-electron chi connectivity index (χ0n) is 8.93. The molecule has 0 radical (unpaired) electrons. The van der Waals surface area contributed by atoms with Gasteiger partial charge < -0.3 is 9.64 Å². The first kappa shape index (κ1) is 11.3. The number of benzene rings is 1. The summed E-state index contributed by atoms with van der Waals surface area (Å²) in [4.78, 5) is 1.38. The van der Waals surface area contributed by atoms with Crippen LogP contribution < -0.4 is 9.64 Å². The number of likely N-dealkylation sites (N-methyl/N-ethyl adjacent to an activating group) is 1. The van der Waals surface area contributed by atoms with E-state index < -0.39 is 0 Å². The van der Waals surface area contributed by atoms with Crippen LogP contribution >= 0.6 is 11.6 Å². The maximum atomic E-state index is 5.91. The highest BCUT2D eigenvalue weighted by molar-refractivity contribution is 6.31. The van der Waals surface area contributed by atoms with Crippen molar-refractivity contribution in [3.05, 3.63) is 28.8 Å². The molecule has 2 nitrogen and oxygen atoms in total. The molecule has 0 saturated heterocycles. The fraction of sp³-hybridized carbons (Fsp3) is 0.455. The molecule has 0 spiro atoms. The summed E-state index contributed by atoms with van der Waals surface area (Å²) in [5, 5.41) is 0.788. The van der Waals surface area contributed by atoms with Crippen LogP contribution in [0.5, 0.6) is 5.75 Å². The topological polar surface area (TPSA) is 13.7 Å². The van der Waals surface area contributed by atoms with Gasteiger partial charge in [0.1, 0.15) is 18.9 Å². The second kappa shape index (κ2) is 5.23. The van der Waals surface area contributed by atoms with Gasteiger partial charge in [0, 0.05) is 5.02 Å². The lowest BCUT2D eigenvalue weighted by atomic mass is 10.2. The van der Waals surface area contributed by atoms with E-state index in [-0.39, 0.29) is 0 Å². The number of nitrogens with one attached hydrogen (secondary N) is 1. The molecular weight excluding hydrogens is 198 g/mol. The monoisotopic (exact) mass is 214 g/mol. The first-order chi connectivity index (χ1) is 6.59. The maximum absolute atomic E-state index is 5.91. The quantitative estimate of drug-likeness (QED) is 0.795. The third-order valence-corrected chi connectivity index (χ3v) is 2.42. The van der Waals surface area contributed by atoms with Crippen molar-refractivity contribution in [1.29, 1.82) is 0 Å². The van der Waals surface area contributed by atoms with Gasteiger partial charge >= 0.3 is 0 Å². The molecule has 1 aromatic rings. The number of halogens is 1. The summed E-state index contributed by atoms with van der Waals surface area (Å²) in [5.74, 6) is 0.896. The Kier molecular flexibility index (Phi) is 4.23. The zero-order chi connectivity index (χ0) is 10.6. The van der Waals surface area contributed by atoms with E-state index in [1.807, 2.05) is 25.1 Å². The molecule has 1 rings (SSSR count). The molecule has 0 atom stereocenters. The highest BCUT2D eigenvalue weighted by Crippen LogP contribution is 2.20. The van der Waals surface area contributed by atoms with Gasteiger partial charge in [-0.1, -0.05) is 11.6 Å². The fourth-order valence-electron chi connectivity index (χ4n) is 1.08. The van der Waals surface area contributed by atoms with Crippen molar-refractivity contribution in [3.8, 4) is 5.75 Å². The minimum atomic E-state index is 0.739. The first-order valence-corrected chi connectivity index (χ1v) is 5.15. The first-order valence-electron chi connectivity index (χ1n) is 4.77. The smallest absolute Gasteiger partial charge is 0.137 e. The summed E-state index contributed by atoms with van der Waals surface area (Å²) in [6, 6.07) is 5.74. The van der Waals surface area contributed by atoms with Crippen LogP contribution in [0.25, 0.3) is 0 Å². The van der Waals surface area contributed by atoms with Crippen LogP contribution in [0, 0.1) is 6.92 Å². The summed E-state index contributed by atoms with van der Waals surface area (Å²) < 4.78 is 5.57. The van der Waals surface area contributed by atoms with Crippen molar-refractivity contribution in [1.82, 2.24) is 0 Å². The minimum Gasteiger partial charge on any atom is -0.488 e. The lowest BCUT2D eigenvalue weighted by molar-refractivity contribution is -0.858. The average molecular weight is 215 g/mol. The molecule has 0 amide bonds. The van der Waals surface area contributed by atoms with E-state index >= 15 is 0 Å². The highest BCUT2D eigenvalue weighted by Gasteiger charge is 1.99. The van der Waals surface area contributed by atoms with Gasteiger partial charge in [-0.2, -0.15) is 0 Å². The van der Waals surface area contributed by atoms with Gasteiger partial charge in [0.2, 0.25) is 0 Å². The lowest BCUT2D eigenvalue weighted by Gasteiger charge is -2.09. The molecule has 0 aliphatic carbocycles. The van der Waals surface area contributed by atoms with Gasteiger partial charge in [0.15, 0.2) is 0 Å². The predicted molar refractivity (Wildman–Crippen MR) is 59.4 cm³/mol. The Labute approximate surface area is 90.4 Å². The number of rotatable bonds is 4. The Balaban J connectivity index is 2.47. The zero-order valence-corrected chi connectivity index (χ0v) is 9.69. The summed E-state index contributed by atoms with van der Waals surface area (Å²) in [5.41, 5.74) is 1.06. The van der Waals surface area contributed by atoms with Crippen LogP contribution in [0.4, 0.5) is 0 Å². The molecule has 0 fully saturated rings. The SMILES string of the molecule is Cc1cc(OCC[NH+](C)C)ccc1Cl. The van der Waals surface area contributed by atoms with Gasteiger partial charge in [-0.05, 0) is 30.7 Å². The van der Waals surface area contributed by atoms with Crippen molar-refractivity contribution in [2.45, 2.75) is 6.92 Å². The van der Waals surface area contributed by atoms with Gasteiger partial charge in [-0.15, -0.1) is 0 Å². The Morgan fingerprint density at radius 2 is 2.07 bits per heavy atom. The number of ether oxygens (including phenoxy) is 1. The lowest BCUT2D eigenvalue weighted by Crippen LogP contribution is -3.06. The Morgan fingerprint density at radius 3 is 2.64 bits per heavy atom. The molecule has 0 aliphatic rings. The molecule has 78 valence electrons.